The first-order valence-corrected chi connectivity index (χ1v) is 5.96. The van der Waals surface area contributed by atoms with Crippen molar-refractivity contribution in [1.82, 2.24) is 5.32 Å². The van der Waals surface area contributed by atoms with Crippen molar-refractivity contribution in [3.63, 3.8) is 0 Å². The first kappa shape index (κ1) is 11.4. The second-order valence-corrected chi connectivity index (χ2v) is 4.44. The Bertz CT molecular complexity index is 354. The van der Waals surface area contributed by atoms with Crippen molar-refractivity contribution in [2.45, 2.75) is 19.9 Å². The number of rotatable bonds is 3. The average Bonchev–Trinajstić information content (AvgIpc) is 2.69. The van der Waals surface area contributed by atoms with Crippen LogP contribution in [0.15, 0.2) is 24.3 Å². The normalized spacial score (nSPS) is 24.7. The van der Waals surface area contributed by atoms with Crippen molar-refractivity contribution in [2.24, 2.45) is 5.92 Å². The second-order valence-electron chi connectivity index (χ2n) is 4.44. The molecule has 88 valence electrons. The van der Waals surface area contributed by atoms with E-state index in [1.54, 1.807) is 6.07 Å². The maximum absolute atomic E-state index is 13.7. The number of halogens is 1. The molecule has 2 nitrogen and oxygen atoms in total. The van der Waals surface area contributed by atoms with Crippen LogP contribution in [0.3, 0.4) is 0 Å². The summed E-state index contributed by atoms with van der Waals surface area (Å²) < 4.78 is 13.7. The maximum Gasteiger partial charge on any atom is 0.146 e. The van der Waals surface area contributed by atoms with Crippen LogP contribution < -0.4 is 10.2 Å². The Morgan fingerprint density at radius 1 is 1.38 bits per heavy atom. The predicted molar refractivity (Wildman–Crippen MR) is 65.2 cm³/mol. The van der Waals surface area contributed by atoms with Crippen molar-refractivity contribution < 1.29 is 4.39 Å². The molecule has 0 bridgehead atoms. The van der Waals surface area contributed by atoms with Gasteiger partial charge in [-0.25, -0.2) is 4.39 Å². The molecule has 1 aliphatic rings. The molecule has 0 aromatic heterocycles. The van der Waals surface area contributed by atoms with Gasteiger partial charge >= 0.3 is 0 Å². The Labute approximate surface area is 96.5 Å². The van der Waals surface area contributed by atoms with E-state index in [9.17, 15) is 4.39 Å². The van der Waals surface area contributed by atoms with Gasteiger partial charge in [-0.3, -0.25) is 0 Å². The van der Waals surface area contributed by atoms with Crippen LogP contribution in [-0.2, 0) is 0 Å². The molecule has 3 heteroatoms. The molecular weight excluding hydrogens is 203 g/mol. The van der Waals surface area contributed by atoms with Crippen molar-refractivity contribution in [3.05, 3.63) is 30.1 Å². The second kappa shape index (κ2) is 4.83. The molecule has 1 heterocycles. The smallest absolute Gasteiger partial charge is 0.146 e. The summed E-state index contributed by atoms with van der Waals surface area (Å²) in [6.45, 7) is 7.11. The first-order valence-electron chi connectivity index (χ1n) is 5.96. The number of benzene rings is 1. The predicted octanol–water partition coefficient (Wildman–Crippen LogP) is 2.26. The van der Waals surface area contributed by atoms with Crippen LogP contribution >= 0.6 is 0 Å². The Balaban J connectivity index is 2.25. The van der Waals surface area contributed by atoms with E-state index in [0.29, 0.717) is 12.0 Å². The van der Waals surface area contributed by atoms with Gasteiger partial charge in [0.25, 0.3) is 0 Å². The molecule has 16 heavy (non-hydrogen) atoms. The summed E-state index contributed by atoms with van der Waals surface area (Å²) in [5.74, 6) is 0.447. The fourth-order valence-corrected chi connectivity index (χ4v) is 2.48. The molecule has 2 rings (SSSR count). The largest absolute Gasteiger partial charge is 0.365 e. The minimum Gasteiger partial charge on any atom is -0.365 e. The third-order valence-electron chi connectivity index (χ3n) is 3.38. The lowest BCUT2D eigenvalue weighted by molar-refractivity contribution is 0.511. The van der Waals surface area contributed by atoms with E-state index in [1.807, 2.05) is 12.1 Å². The average molecular weight is 222 g/mol. The van der Waals surface area contributed by atoms with Crippen LogP contribution in [0.4, 0.5) is 10.1 Å². The van der Waals surface area contributed by atoms with Crippen LogP contribution in [0.5, 0.6) is 0 Å². The Morgan fingerprint density at radius 2 is 2.12 bits per heavy atom. The Morgan fingerprint density at radius 3 is 2.69 bits per heavy atom. The number of anilines is 1. The van der Waals surface area contributed by atoms with E-state index in [0.717, 1.165) is 25.3 Å². The summed E-state index contributed by atoms with van der Waals surface area (Å²) >= 11 is 0. The van der Waals surface area contributed by atoms with E-state index < -0.39 is 0 Å². The van der Waals surface area contributed by atoms with Gasteiger partial charge in [0.15, 0.2) is 0 Å². The van der Waals surface area contributed by atoms with Crippen LogP contribution in [-0.4, -0.2) is 25.7 Å². The van der Waals surface area contributed by atoms with Gasteiger partial charge in [0.2, 0.25) is 0 Å². The van der Waals surface area contributed by atoms with E-state index in [-0.39, 0.29) is 5.82 Å². The van der Waals surface area contributed by atoms with E-state index in [2.05, 4.69) is 24.1 Å². The number of para-hydroxylation sites is 1. The van der Waals surface area contributed by atoms with Crippen molar-refractivity contribution in [3.8, 4) is 0 Å². The number of nitrogens with one attached hydrogen (secondary N) is 1. The highest BCUT2D eigenvalue weighted by molar-refractivity contribution is 5.49. The molecule has 0 spiro atoms. The van der Waals surface area contributed by atoms with Gasteiger partial charge in [-0.1, -0.05) is 19.1 Å². The minimum absolute atomic E-state index is 0.122. The van der Waals surface area contributed by atoms with E-state index in [4.69, 9.17) is 0 Å². The number of nitrogens with zero attached hydrogens (tertiary/aromatic N) is 1. The maximum atomic E-state index is 13.7. The number of likely N-dealkylation sites (N-methyl/N-ethyl adjacent to an activating group) is 1. The summed E-state index contributed by atoms with van der Waals surface area (Å²) in [5.41, 5.74) is 0.727. The Hall–Kier alpha value is -1.09. The van der Waals surface area contributed by atoms with Crippen molar-refractivity contribution in [1.29, 1.82) is 0 Å². The van der Waals surface area contributed by atoms with E-state index in [1.165, 1.54) is 6.07 Å². The lowest BCUT2D eigenvalue weighted by atomic mass is 10.0. The van der Waals surface area contributed by atoms with Crippen molar-refractivity contribution >= 4 is 5.69 Å². The van der Waals surface area contributed by atoms with Crippen LogP contribution in [0, 0.1) is 11.7 Å². The summed E-state index contributed by atoms with van der Waals surface area (Å²) in [6.07, 6.45) is 0. The molecule has 0 saturated carbocycles. The molecule has 0 radical (unpaired) electrons. The summed E-state index contributed by atoms with van der Waals surface area (Å²) in [6, 6.07) is 7.44. The number of hydrogen-bond donors (Lipinski definition) is 1. The van der Waals surface area contributed by atoms with E-state index >= 15 is 0 Å². The molecule has 2 atom stereocenters. The molecule has 0 amide bonds. The van der Waals surface area contributed by atoms with Gasteiger partial charge in [0, 0.05) is 19.1 Å². The standard InChI is InChI=1S/C13H19FN2/c1-3-16(13-9-15-8-10(13)2)12-7-5-4-6-11(12)14/h4-7,10,13,15H,3,8-9H2,1-2H3. The zero-order valence-electron chi connectivity index (χ0n) is 9.91. The number of hydrogen-bond acceptors (Lipinski definition) is 2. The molecule has 1 aliphatic heterocycles. The first-order chi connectivity index (χ1) is 7.74. The topological polar surface area (TPSA) is 15.3 Å². The lowest BCUT2D eigenvalue weighted by Crippen LogP contribution is -2.40. The monoisotopic (exact) mass is 222 g/mol. The van der Waals surface area contributed by atoms with Crippen LogP contribution in [0.2, 0.25) is 0 Å². The van der Waals surface area contributed by atoms with Crippen LogP contribution in [0.1, 0.15) is 13.8 Å². The van der Waals surface area contributed by atoms with Gasteiger partial charge < -0.3 is 10.2 Å². The quantitative estimate of drug-likeness (QED) is 0.844. The molecule has 1 aromatic rings. The summed E-state index contributed by atoms with van der Waals surface area (Å²) in [5, 5.41) is 3.36. The van der Waals surface area contributed by atoms with Gasteiger partial charge in [0.05, 0.1) is 5.69 Å². The zero-order valence-corrected chi connectivity index (χ0v) is 9.91. The molecule has 1 fully saturated rings. The Kier molecular flexibility index (Phi) is 3.44. The third kappa shape index (κ3) is 2.05. The molecule has 1 N–H and O–H groups in total. The molecule has 0 aliphatic carbocycles. The highest BCUT2D eigenvalue weighted by atomic mass is 19.1. The zero-order chi connectivity index (χ0) is 11.5. The highest BCUT2D eigenvalue weighted by Crippen LogP contribution is 2.25. The highest BCUT2D eigenvalue weighted by Gasteiger charge is 2.29. The molecular formula is C13H19FN2. The van der Waals surface area contributed by atoms with Crippen molar-refractivity contribution in [2.75, 3.05) is 24.5 Å². The SMILES string of the molecule is CCN(c1ccccc1F)C1CNCC1C. The van der Waals surface area contributed by atoms with Gasteiger partial charge in [-0.15, -0.1) is 0 Å². The fraction of sp³-hybridized carbons (Fsp3) is 0.538. The van der Waals surface area contributed by atoms with Gasteiger partial charge in [-0.2, -0.15) is 0 Å². The summed E-state index contributed by atoms with van der Waals surface area (Å²) in [7, 11) is 0. The van der Waals surface area contributed by atoms with Gasteiger partial charge in [0.1, 0.15) is 5.82 Å². The van der Waals surface area contributed by atoms with Gasteiger partial charge in [-0.05, 0) is 31.5 Å². The minimum atomic E-state index is -0.122. The lowest BCUT2D eigenvalue weighted by Gasteiger charge is -2.32. The molecule has 1 saturated heterocycles. The fourth-order valence-electron chi connectivity index (χ4n) is 2.48. The third-order valence-corrected chi connectivity index (χ3v) is 3.38. The summed E-state index contributed by atoms with van der Waals surface area (Å²) in [4.78, 5) is 2.17. The van der Waals surface area contributed by atoms with Crippen LogP contribution in [0.25, 0.3) is 0 Å². The molecule has 2 unspecified atom stereocenters. The molecule has 1 aromatic carbocycles.